The molecule has 2 aromatic rings. The second kappa shape index (κ2) is 5.00. The van der Waals surface area contributed by atoms with Gasteiger partial charge >= 0.3 is 5.97 Å². The summed E-state index contributed by atoms with van der Waals surface area (Å²) in [5.41, 5.74) is 1.34. The van der Waals surface area contributed by atoms with Crippen molar-refractivity contribution in [2.24, 2.45) is 0 Å². The minimum Gasteiger partial charge on any atom is -0.465 e. The second-order valence-corrected chi connectivity index (χ2v) is 5.81. The van der Waals surface area contributed by atoms with E-state index in [0.717, 1.165) is 24.0 Å². The molecule has 3 rings (SSSR count). The SMILES string of the molecule is COC(=O)c1ccc2c(c1)CCCC2(O)c1nccs1. The predicted octanol–water partition coefficient (Wildman–Crippen LogP) is 2.50. The van der Waals surface area contributed by atoms with Gasteiger partial charge < -0.3 is 9.84 Å². The molecule has 1 aliphatic rings. The van der Waals surface area contributed by atoms with Crippen LogP contribution in [0, 0.1) is 0 Å². The largest absolute Gasteiger partial charge is 0.465 e. The third-order valence-corrected chi connectivity index (χ3v) is 4.67. The van der Waals surface area contributed by atoms with Gasteiger partial charge in [-0.15, -0.1) is 11.3 Å². The van der Waals surface area contributed by atoms with Crippen molar-refractivity contribution in [2.45, 2.75) is 24.9 Å². The van der Waals surface area contributed by atoms with Crippen molar-refractivity contribution in [1.82, 2.24) is 4.98 Å². The van der Waals surface area contributed by atoms with Crippen molar-refractivity contribution in [3.05, 3.63) is 51.5 Å². The lowest BCUT2D eigenvalue weighted by atomic mass is 9.79. The first kappa shape index (κ1) is 13.3. The summed E-state index contributed by atoms with van der Waals surface area (Å²) in [5.74, 6) is -0.351. The number of hydrogen-bond acceptors (Lipinski definition) is 5. The van der Waals surface area contributed by atoms with E-state index in [0.29, 0.717) is 17.0 Å². The normalized spacial score (nSPS) is 21.3. The minimum atomic E-state index is -1.03. The Morgan fingerprint density at radius 2 is 2.35 bits per heavy atom. The number of carbonyl (C=O) groups excluding carboxylic acids is 1. The van der Waals surface area contributed by atoms with Gasteiger partial charge in [0.15, 0.2) is 0 Å². The minimum absolute atomic E-state index is 0.351. The van der Waals surface area contributed by atoms with Crippen molar-refractivity contribution in [1.29, 1.82) is 0 Å². The molecule has 1 heterocycles. The smallest absolute Gasteiger partial charge is 0.337 e. The number of esters is 1. The molecule has 1 unspecified atom stereocenters. The van der Waals surface area contributed by atoms with Gasteiger partial charge in [-0.25, -0.2) is 9.78 Å². The van der Waals surface area contributed by atoms with E-state index in [4.69, 9.17) is 4.74 Å². The molecule has 1 aliphatic carbocycles. The maximum atomic E-state index is 11.6. The standard InChI is InChI=1S/C15H15NO3S/c1-19-13(17)11-4-5-12-10(9-11)3-2-6-15(12,18)14-16-7-8-20-14/h4-5,7-9,18H,2-3,6H2,1H3. The van der Waals surface area contributed by atoms with Crippen LogP contribution in [0.2, 0.25) is 0 Å². The van der Waals surface area contributed by atoms with Crippen molar-refractivity contribution < 1.29 is 14.6 Å². The molecule has 5 heteroatoms. The molecule has 0 amide bonds. The van der Waals surface area contributed by atoms with Crippen molar-refractivity contribution in [2.75, 3.05) is 7.11 Å². The molecule has 0 aliphatic heterocycles. The lowest BCUT2D eigenvalue weighted by Crippen LogP contribution is -2.32. The summed E-state index contributed by atoms with van der Waals surface area (Å²) in [6.07, 6.45) is 4.09. The number of aryl methyl sites for hydroxylation is 1. The van der Waals surface area contributed by atoms with Crippen molar-refractivity contribution >= 4 is 17.3 Å². The van der Waals surface area contributed by atoms with Gasteiger partial charge in [0.05, 0.1) is 12.7 Å². The number of benzene rings is 1. The maximum Gasteiger partial charge on any atom is 0.337 e. The van der Waals surface area contributed by atoms with E-state index in [9.17, 15) is 9.90 Å². The lowest BCUT2D eigenvalue weighted by Gasteiger charge is -2.33. The molecular weight excluding hydrogens is 274 g/mol. The molecule has 0 saturated heterocycles. The average Bonchev–Trinajstić information content (AvgIpc) is 3.01. The van der Waals surface area contributed by atoms with Gasteiger partial charge in [-0.05, 0) is 42.5 Å². The van der Waals surface area contributed by atoms with Crippen LogP contribution < -0.4 is 0 Å². The van der Waals surface area contributed by atoms with E-state index < -0.39 is 5.60 Å². The molecule has 1 N–H and O–H groups in total. The molecule has 4 nitrogen and oxygen atoms in total. The highest BCUT2D eigenvalue weighted by atomic mass is 32.1. The molecule has 0 fully saturated rings. The molecule has 0 spiro atoms. The van der Waals surface area contributed by atoms with E-state index in [1.54, 1.807) is 12.3 Å². The number of nitrogens with zero attached hydrogens (tertiary/aromatic N) is 1. The molecule has 104 valence electrons. The Kier molecular flexibility index (Phi) is 3.31. The maximum absolute atomic E-state index is 11.6. The van der Waals surface area contributed by atoms with Crippen LogP contribution in [0.1, 0.15) is 39.3 Å². The Morgan fingerprint density at radius 1 is 1.50 bits per heavy atom. The topological polar surface area (TPSA) is 59.4 Å². The highest BCUT2D eigenvalue weighted by molar-refractivity contribution is 7.09. The fourth-order valence-corrected chi connectivity index (χ4v) is 3.55. The number of aromatic nitrogens is 1. The molecule has 1 atom stereocenters. The summed E-state index contributed by atoms with van der Waals surface area (Å²) < 4.78 is 4.74. The van der Waals surface area contributed by atoms with Crippen LogP contribution in [0.25, 0.3) is 0 Å². The monoisotopic (exact) mass is 289 g/mol. The molecule has 20 heavy (non-hydrogen) atoms. The zero-order valence-electron chi connectivity index (χ0n) is 11.1. The van der Waals surface area contributed by atoms with Gasteiger partial charge in [0.25, 0.3) is 0 Å². The summed E-state index contributed by atoms with van der Waals surface area (Å²) in [6, 6.07) is 5.34. The van der Waals surface area contributed by atoms with Gasteiger partial charge in [-0.2, -0.15) is 0 Å². The third-order valence-electron chi connectivity index (χ3n) is 3.74. The van der Waals surface area contributed by atoms with Crippen LogP contribution >= 0.6 is 11.3 Å². The summed E-state index contributed by atoms with van der Waals surface area (Å²) in [4.78, 5) is 15.9. The van der Waals surface area contributed by atoms with E-state index in [-0.39, 0.29) is 5.97 Å². The quantitative estimate of drug-likeness (QED) is 0.863. The van der Waals surface area contributed by atoms with Crippen LogP contribution in [0.3, 0.4) is 0 Å². The van der Waals surface area contributed by atoms with E-state index in [2.05, 4.69) is 4.98 Å². The van der Waals surface area contributed by atoms with Crippen LogP contribution in [0.5, 0.6) is 0 Å². The number of fused-ring (bicyclic) bond motifs is 1. The van der Waals surface area contributed by atoms with Crippen LogP contribution in [0.15, 0.2) is 29.8 Å². The average molecular weight is 289 g/mol. The molecule has 1 aromatic carbocycles. The fraction of sp³-hybridized carbons (Fsp3) is 0.333. The van der Waals surface area contributed by atoms with E-state index >= 15 is 0 Å². The predicted molar refractivity (Wildman–Crippen MR) is 75.8 cm³/mol. The first-order valence-electron chi connectivity index (χ1n) is 6.49. The highest BCUT2D eigenvalue weighted by Crippen LogP contribution is 2.41. The summed E-state index contributed by atoms with van der Waals surface area (Å²) in [5, 5.41) is 13.6. The third kappa shape index (κ3) is 2.03. The zero-order valence-corrected chi connectivity index (χ0v) is 11.9. The number of hydrogen-bond donors (Lipinski definition) is 1. The molecule has 1 aromatic heterocycles. The van der Waals surface area contributed by atoms with Gasteiger partial charge in [-0.1, -0.05) is 6.07 Å². The van der Waals surface area contributed by atoms with Gasteiger partial charge in [-0.3, -0.25) is 0 Å². The number of rotatable bonds is 2. The number of ether oxygens (including phenoxy) is 1. The Bertz CT molecular complexity index is 639. The van der Waals surface area contributed by atoms with Crippen LogP contribution in [-0.2, 0) is 16.8 Å². The molecule has 0 saturated carbocycles. The Hall–Kier alpha value is -1.72. The van der Waals surface area contributed by atoms with Crippen molar-refractivity contribution in [3.63, 3.8) is 0 Å². The second-order valence-electron chi connectivity index (χ2n) is 4.91. The van der Waals surface area contributed by atoms with Crippen LogP contribution in [-0.4, -0.2) is 23.2 Å². The summed E-state index contributed by atoms with van der Waals surface area (Å²) >= 11 is 1.45. The summed E-state index contributed by atoms with van der Waals surface area (Å²) in [7, 11) is 1.37. The van der Waals surface area contributed by atoms with Gasteiger partial charge in [0.2, 0.25) is 0 Å². The number of thiazole rings is 1. The van der Waals surface area contributed by atoms with Crippen LogP contribution in [0.4, 0.5) is 0 Å². The van der Waals surface area contributed by atoms with Gasteiger partial charge in [0.1, 0.15) is 10.6 Å². The lowest BCUT2D eigenvalue weighted by molar-refractivity contribution is 0.0583. The number of aliphatic hydroxyl groups is 1. The highest BCUT2D eigenvalue weighted by Gasteiger charge is 2.38. The first-order valence-corrected chi connectivity index (χ1v) is 7.37. The number of methoxy groups -OCH3 is 1. The Balaban J connectivity index is 2.08. The molecule has 0 bridgehead atoms. The number of carbonyl (C=O) groups is 1. The van der Waals surface area contributed by atoms with Crippen molar-refractivity contribution in [3.8, 4) is 0 Å². The van der Waals surface area contributed by atoms with E-state index in [1.807, 2.05) is 17.5 Å². The van der Waals surface area contributed by atoms with E-state index in [1.165, 1.54) is 18.4 Å². The zero-order chi connectivity index (χ0) is 14.2. The molecule has 0 radical (unpaired) electrons. The Labute approximate surface area is 121 Å². The fourth-order valence-electron chi connectivity index (χ4n) is 2.77. The Morgan fingerprint density at radius 3 is 3.05 bits per heavy atom. The van der Waals surface area contributed by atoms with Gasteiger partial charge in [0, 0.05) is 11.6 Å². The summed E-state index contributed by atoms with van der Waals surface area (Å²) in [6.45, 7) is 0. The molecular formula is C15H15NO3S. The first-order chi connectivity index (χ1) is 9.65.